The maximum atomic E-state index is 12.9. The Morgan fingerprint density at radius 1 is 1.25 bits per heavy atom. The predicted molar refractivity (Wildman–Crippen MR) is 80.8 cm³/mol. The van der Waals surface area contributed by atoms with Crippen molar-refractivity contribution in [2.75, 3.05) is 5.73 Å². The smallest absolute Gasteiger partial charge is 0.251 e. The van der Waals surface area contributed by atoms with Crippen molar-refractivity contribution in [1.82, 2.24) is 5.32 Å². The summed E-state index contributed by atoms with van der Waals surface area (Å²) in [6, 6.07) is 10.8. The van der Waals surface area contributed by atoms with Crippen LogP contribution in [0.3, 0.4) is 0 Å². The summed E-state index contributed by atoms with van der Waals surface area (Å²) < 4.78 is 13.6. The van der Waals surface area contributed by atoms with Crippen LogP contribution in [0.5, 0.6) is 0 Å². The van der Waals surface area contributed by atoms with Gasteiger partial charge in [0.15, 0.2) is 0 Å². The van der Waals surface area contributed by atoms with Crippen LogP contribution in [0.25, 0.3) is 0 Å². The first-order chi connectivity index (χ1) is 9.45. The number of carbonyl (C=O) groups excluding carboxylic acids is 1. The van der Waals surface area contributed by atoms with Gasteiger partial charge in [-0.25, -0.2) is 4.39 Å². The number of halogens is 2. The van der Waals surface area contributed by atoms with Crippen molar-refractivity contribution in [3.63, 3.8) is 0 Å². The zero-order chi connectivity index (χ0) is 14.7. The third-order valence-corrected chi connectivity index (χ3v) is 3.36. The fraction of sp³-hybridized carbons (Fsp3) is 0.133. The van der Waals surface area contributed by atoms with Gasteiger partial charge in [-0.3, -0.25) is 4.79 Å². The topological polar surface area (TPSA) is 55.1 Å². The summed E-state index contributed by atoms with van der Waals surface area (Å²) in [7, 11) is 0. The lowest BCUT2D eigenvalue weighted by atomic mass is 10.1. The average Bonchev–Trinajstić information content (AvgIpc) is 2.38. The molecule has 2 rings (SSSR count). The molecule has 2 aromatic carbocycles. The molecule has 2 aromatic rings. The number of nitrogens with one attached hydrogen (secondary N) is 1. The van der Waals surface area contributed by atoms with E-state index < -0.39 is 0 Å². The second-order valence-electron chi connectivity index (χ2n) is 4.52. The molecule has 3 nitrogen and oxygen atoms in total. The van der Waals surface area contributed by atoms with Crippen LogP contribution in [0.15, 0.2) is 46.9 Å². The van der Waals surface area contributed by atoms with Crippen molar-refractivity contribution in [3.8, 4) is 0 Å². The zero-order valence-electron chi connectivity index (χ0n) is 10.9. The molecule has 0 bridgehead atoms. The molecule has 0 fully saturated rings. The fourth-order valence-electron chi connectivity index (χ4n) is 1.86. The fourth-order valence-corrected chi connectivity index (χ4v) is 2.37. The van der Waals surface area contributed by atoms with Gasteiger partial charge in [-0.2, -0.15) is 0 Å². The molecule has 0 heterocycles. The second-order valence-corrected chi connectivity index (χ2v) is 5.44. The van der Waals surface area contributed by atoms with Gasteiger partial charge in [0, 0.05) is 15.7 Å². The van der Waals surface area contributed by atoms with E-state index in [0.717, 1.165) is 10.0 Å². The second kappa shape index (κ2) is 6.05. The molecule has 104 valence electrons. The highest BCUT2D eigenvalue weighted by atomic mass is 79.9. The summed E-state index contributed by atoms with van der Waals surface area (Å²) in [4.78, 5) is 12.1. The van der Waals surface area contributed by atoms with E-state index in [4.69, 9.17) is 5.73 Å². The Morgan fingerprint density at radius 3 is 2.50 bits per heavy atom. The minimum absolute atomic E-state index is 0.219. The van der Waals surface area contributed by atoms with E-state index in [-0.39, 0.29) is 17.8 Å². The highest BCUT2D eigenvalue weighted by molar-refractivity contribution is 9.10. The lowest BCUT2D eigenvalue weighted by Gasteiger charge is -2.14. The first-order valence-electron chi connectivity index (χ1n) is 6.08. The van der Waals surface area contributed by atoms with Gasteiger partial charge >= 0.3 is 0 Å². The van der Waals surface area contributed by atoms with Crippen LogP contribution >= 0.6 is 15.9 Å². The maximum Gasteiger partial charge on any atom is 0.251 e. The van der Waals surface area contributed by atoms with Crippen molar-refractivity contribution < 1.29 is 9.18 Å². The van der Waals surface area contributed by atoms with Crippen LogP contribution in [0.2, 0.25) is 0 Å². The number of nitrogen functional groups attached to an aromatic ring is 1. The summed E-state index contributed by atoms with van der Waals surface area (Å²) in [5.74, 6) is -0.526. The molecule has 0 aliphatic rings. The number of hydrogen-bond acceptors (Lipinski definition) is 2. The Balaban J connectivity index is 2.12. The summed E-state index contributed by atoms with van der Waals surface area (Å²) >= 11 is 3.30. The largest absolute Gasteiger partial charge is 0.399 e. The quantitative estimate of drug-likeness (QED) is 0.840. The summed E-state index contributed by atoms with van der Waals surface area (Å²) in [5.41, 5.74) is 7.53. The van der Waals surface area contributed by atoms with Crippen molar-refractivity contribution in [3.05, 3.63) is 63.9 Å². The molecule has 3 N–H and O–H groups in total. The number of nitrogens with two attached hydrogens (primary N) is 1. The summed E-state index contributed by atoms with van der Waals surface area (Å²) in [6.45, 7) is 1.84. The molecule has 0 aliphatic carbocycles. The monoisotopic (exact) mass is 336 g/mol. The first kappa shape index (κ1) is 14.5. The van der Waals surface area contributed by atoms with Gasteiger partial charge in [-0.1, -0.05) is 28.1 Å². The molecule has 5 heteroatoms. The normalized spacial score (nSPS) is 11.9. The lowest BCUT2D eigenvalue weighted by molar-refractivity contribution is 0.0940. The Morgan fingerprint density at radius 2 is 1.90 bits per heavy atom. The van der Waals surface area contributed by atoms with E-state index in [2.05, 4.69) is 21.2 Å². The van der Waals surface area contributed by atoms with E-state index in [1.54, 1.807) is 30.3 Å². The third kappa shape index (κ3) is 3.57. The van der Waals surface area contributed by atoms with Crippen molar-refractivity contribution >= 4 is 27.5 Å². The molecule has 0 spiro atoms. The van der Waals surface area contributed by atoms with E-state index >= 15 is 0 Å². The van der Waals surface area contributed by atoms with Crippen LogP contribution in [0.4, 0.5) is 10.1 Å². The van der Waals surface area contributed by atoms with Crippen molar-refractivity contribution in [2.45, 2.75) is 13.0 Å². The molecule has 0 saturated carbocycles. The Labute approximate surface area is 125 Å². The third-order valence-electron chi connectivity index (χ3n) is 2.90. The van der Waals surface area contributed by atoms with Gasteiger partial charge < -0.3 is 11.1 Å². The molecule has 0 saturated heterocycles. The van der Waals surface area contributed by atoms with Gasteiger partial charge in [0.25, 0.3) is 5.91 Å². The highest BCUT2D eigenvalue weighted by Crippen LogP contribution is 2.19. The number of benzene rings is 2. The minimum Gasteiger partial charge on any atom is -0.399 e. The van der Waals surface area contributed by atoms with E-state index in [1.807, 2.05) is 6.92 Å². The number of amides is 1. The van der Waals surface area contributed by atoms with Gasteiger partial charge in [-0.05, 0) is 42.8 Å². The molecule has 1 amide bonds. The Bertz CT molecular complexity index is 608. The molecule has 20 heavy (non-hydrogen) atoms. The SMILES string of the molecule is C[C@@H](NC(=O)c1cc(N)cc(Br)c1)c1ccc(F)cc1. The van der Waals surface area contributed by atoms with Gasteiger partial charge in [0.1, 0.15) is 5.82 Å². The van der Waals surface area contributed by atoms with E-state index in [0.29, 0.717) is 11.3 Å². The van der Waals surface area contributed by atoms with E-state index in [1.165, 1.54) is 12.1 Å². The summed E-state index contributed by atoms with van der Waals surface area (Å²) in [6.07, 6.45) is 0. The zero-order valence-corrected chi connectivity index (χ0v) is 12.4. The Kier molecular flexibility index (Phi) is 4.39. The molecule has 0 radical (unpaired) electrons. The number of rotatable bonds is 3. The molecular weight excluding hydrogens is 323 g/mol. The van der Waals surface area contributed by atoms with Crippen LogP contribution in [-0.2, 0) is 0 Å². The molecular formula is C15H14BrFN2O. The number of hydrogen-bond donors (Lipinski definition) is 2. The first-order valence-corrected chi connectivity index (χ1v) is 6.87. The summed E-state index contributed by atoms with van der Waals surface area (Å²) in [5, 5.41) is 2.85. The predicted octanol–water partition coefficient (Wildman–Crippen LogP) is 3.66. The minimum atomic E-state index is -0.299. The van der Waals surface area contributed by atoms with Crippen molar-refractivity contribution in [2.24, 2.45) is 0 Å². The van der Waals surface area contributed by atoms with Gasteiger partial charge in [0.05, 0.1) is 6.04 Å². The molecule has 0 aromatic heterocycles. The van der Waals surface area contributed by atoms with E-state index in [9.17, 15) is 9.18 Å². The molecule has 0 aliphatic heterocycles. The van der Waals surface area contributed by atoms with Crippen LogP contribution in [-0.4, -0.2) is 5.91 Å². The Hall–Kier alpha value is -1.88. The standard InChI is InChI=1S/C15H14BrFN2O/c1-9(10-2-4-13(17)5-3-10)19-15(20)11-6-12(16)8-14(18)7-11/h2-9H,18H2,1H3,(H,19,20)/t9-/m1/s1. The van der Waals surface area contributed by atoms with Crippen molar-refractivity contribution in [1.29, 1.82) is 0 Å². The lowest BCUT2D eigenvalue weighted by Crippen LogP contribution is -2.26. The molecule has 1 atom stereocenters. The maximum absolute atomic E-state index is 12.9. The number of anilines is 1. The van der Waals surface area contributed by atoms with Gasteiger partial charge in [-0.15, -0.1) is 0 Å². The van der Waals surface area contributed by atoms with Crippen LogP contribution < -0.4 is 11.1 Å². The molecule has 0 unspecified atom stereocenters. The van der Waals surface area contributed by atoms with Gasteiger partial charge in [0.2, 0.25) is 0 Å². The van der Waals surface area contributed by atoms with Crippen LogP contribution in [0.1, 0.15) is 28.9 Å². The highest BCUT2D eigenvalue weighted by Gasteiger charge is 2.12. The van der Waals surface area contributed by atoms with Crippen LogP contribution in [0, 0.1) is 5.82 Å². The number of carbonyl (C=O) groups is 1. The average molecular weight is 337 g/mol.